The molecule has 3 nitrogen and oxygen atoms in total. The lowest BCUT2D eigenvalue weighted by atomic mass is 10.1. The number of hydrogen-bond donors (Lipinski definition) is 1. The van der Waals surface area contributed by atoms with Gasteiger partial charge in [0.25, 0.3) is 0 Å². The molecule has 0 saturated carbocycles. The monoisotopic (exact) mass is 256 g/mol. The number of halogens is 2. The summed E-state index contributed by atoms with van der Waals surface area (Å²) in [6.07, 6.45) is 0.404. The first-order chi connectivity index (χ1) is 8.56. The number of nitrogens with zero attached hydrogens (tertiary/aromatic N) is 1. The maximum absolute atomic E-state index is 12.9. The molecule has 0 unspecified atom stereocenters. The number of nitrogens with one attached hydrogen (secondary N) is 1. The van der Waals surface area contributed by atoms with Crippen molar-refractivity contribution in [3.05, 3.63) is 35.4 Å². The van der Waals surface area contributed by atoms with Crippen molar-refractivity contribution in [2.75, 3.05) is 19.6 Å². The van der Waals surface area contributed by atoms with E-state index in [0.717, 1.165) is 6.07 Å². The van der Waals surface area contributed by atoms with E-state index in [-0.39, 0.29) is 6.03 Å². The highest BCUT2D eigenvalue weighted by Gasteiger charge is 2.08. The molecule has 0 saturated heterocycles. The summed E-state index contributed by atoms with van der Waals surface area (Å²) in [5, 5.41) is 2.71. The minimum Gasteiger partial charge on any atom is -0.338 e. The molecule has 0 aromatic heterocycles. The Morgan fingerprint density at radius 3 is 2.22 bits per heavy atom. The zero-order valence-electron chi connectivity index (χ0n) is 10.7. The number of rotatable bonds is 5. The zero-order chi connectivity index (χ0) is 13.5. The van der Waals surface area contributed by atoms with Crippen LogP contribution in [0.15, 0.2) is 18.2 Å². The van der Waals surface area contributed by atoms with Crippen LogP contribution in [0.4, 0.5) is 13.6 Å². The third kappa shape index (κ3) is 4.31. The lowest BCUT2D eigenvalue weighted by molar-refractivity contribution is 0.203. The highest BCUT2D eigenvalue weighted by atomic mass is 19.1. The van der Waals surface area contributed by atoms with Crippen LogP contribution in [0.1, 0.15) is 19.4 Å². The van der Waals surface area contributed by atoms with Gasteiger partial charge in [-0.05, 0) is 38.0 Å². The Morgan fingerprint density at radius 2 is 1.72 bits per heavy atom. The molecule has 18 heavy (non-hydrogen) atoms. The molecule has 1 aromatic rings. The quantitative estimate of drug-likeness (QED) is 0.862. The van der Waals surface area contributed by atoms with E-state index >= 15 is 0 Å². The van der Waals surface area contributed by atoms with Gasteiger partial charge >= 0.3 is 6.03 Å². The molecular weight excluding hydrogens is 238 g/mol. The van der Waals surface area contributed by atoms with E-state index in [1.54, 1.807) is 4.90 Å². The fourth-order valence-electron chi connectivity index (χ4n) is 1.69. The summed E-state index contributed by atoms with van der Waals surface area (Å²) in [6.45, 7) is 5.42. The van der Waals surface area contributed by atoms with Gasteiger partial charge in [-0.25, -0.2) is 13.6 Å². The highest BCUT2D eigenvalue weighted by Crippen LogP contribution is 2.08. The number of carbonyl (C=O) groups excluding carboxylic acids is 1. The normalized spacial score (nSPS) is 10.2. The second kappa shape index (κ2) is 6.93. The molecule has 0 aliphatic rings. The molecule has 0 aliphatic carbocycles. The summed E-state index contributed by atoms with van der Waals surface area (Å²) in [6, 6.07) is 3.22. The van der Waals surface area contributed by atoms with Gasteiger partial charge in [-0.1, -0.05) is 0 Å². The predicted molar refractivity (Wildman–Crippen MR) is 66.4 cm³/mol. The van der Waals surface area contributed by atoms with Crippen molar-refractivity contribution in [1.82, 2.24) is 10.2 Å². The summed E-state index contributed by atoms with van der Waals surface area (Å²) >= 11 is 0. The maximum atomic E-state index is 12.9. The third-order valence-corrected chi connectivity index (χ3v) is 2.66. The van der Waals surface area contributed by atoms with Crippen molar-refractivity contribution >= 4 is 6.03 Å². The lowest BCUT2D eigenvalue weighted by Gasteiger charge is -2.19. The Kier molecular flexibility index (Phi) is 5.55. The molecule has 100 valence electrons. The van der Waals surface area contributed by atoms with Crippen molar-refractivity contribution in [1.29, 1.82) is 0 Å². The Hall–Kier alpha value is -1.65. The van der Waals surface area contributed by atoms with E-state index in [9.17, 15) is 13.6 Å². The van der Waals surface area contributed by atoms with Crippen molar-refractivity contribution < 1.29 is 13.6 Å². The van der Waals surface area contributed by atoms with Gasteiger partial charge in [-0.2, -0.15) is 0 Å². The first-order valence-corrected chi connectivity index (χ1v) is 6.04. The Balaban J connectivity index is 2.44. The van der Waals surface area contributed by atoms with Crippen LogP contribution in [0.25, 0.3) is 0 Å². The van der Waals surface area contributed by atoms with Gasteiger partial charge in [0, 0.05) is 25.7 Å². The summed E-state index contributed by atoms with van der Waals surface area (Å²) in [7, 11) is 0. The maximum Gasteiger partial charge on any atom is 0.317 e. The molecule has 0 atom stereocenters. The second-order valence-electron chi connectivity index (χ2n) is 3.93. The Labute approximate surface area is 106 Å². The minimum atomic E-state index is -0.597. The first kappa shape index (κ1) is 14.4. The van der Waals surface area contributed by atoms with Gasteiger partial charge < -0.3 is 10.2 Å². The van der Waals surface area contributed by atoms with Crippen LogP contribution < -0.4 is 5.32 Å². The van der Waals surface area contributed by atoms with Gasteiger partial charge in [0.05, 0.1) is 0 Å². The van der Waals surface area contributed by atoms with Crippen LogP contribution >= 0.6 is 0 Å². The van der Waals surface area contributed by atoms with Crippen LogP contribution in [0.5, 0.6) is 0 Å². The number of hydrogen-bond acceptors (Lipinski definition) is 1. The van der Waals surface area contributed by atoms with Gasteiger partial charge in [0.15, 0.2) is 0 Å². The summed E-state index contributed by atoms with van der Waals surface area (Å²) in [5.41, 5.74) is 0.535. The number of urea groups is 1. The van der Waals surface area contributed by atoms with Gasteiger partial charge in [-0.3, -0.25) is 0 Å². The van der Waals surface area contributed by atoms with E-state index in [1.165, 1.54) is 12.1 Å². The molecule has 0 radical (unpaired) electrons. The fourth-order valence-corrected chi connectivity index (χ4v) is 1.69. The van der Waals surface area contributed by atoms with Gasteiger partial charge in [0.2, 0.25) is 0 Å². The van der Waals surface area contributed by atoms with Crippen LogP contribution in [0.2, 0.25) is 0 Å². The standard InChI is InChI=1S/C13H18F2N2O/c1-3-17(4-2)13(18)16-6-5-10-7-11(14)9-12(15)8-10/h7-9H,3-6H2,1-2H3,(H,16,18). The molecule has 0 heterocycles. The average Bonchev–Trinajstić information content (AvgIpc) is 2.29. The molecule has 0 spiro atoms. The predicted octanol–water partition coefficient (Wildman–Crippen LogP) is 2.56. The van der Waals surface area contributed by atoms with E-state index < -0.39 is 11.6 Å². The fraction of sp³-hybridized carbons (Fsp3) is 0.462. The van der Waals surface area contributed by atoms with Gasteiger partial charge in [-0.15, -0.1) is 0 Å². The molecule has 2 amide bonds. The summed E-state index contributed by atoms with van der Waals surface area (Å²) in [5.74, 6) is -1.19. The van der Waals surface area contributed by atoms with Crippen molar-refractivity contribution in [2.24, 2.45) is 0 Å². The first-order valence-electron chi connectivity index (χ1n) is 6.04. The molecule has 5 heteroatoms. The second-order valence-corrected chi connectivity index (χ2v) is 3.93. The zero-order valence-corrected chi connectivity index (χ0v) is 10.7. The largest absolute Gasteiger partial charge is 0.338 e. The molecule has 1 aromatic carbocycles. The summed E-state index contributed by atoms with van der Waals surface area (Å²) < 4.78 is 25.8. The van der Waals surface area contributed by atoms with Gasteiger partial charge in [0.1, 0.15) is 11.6 Å². The lowest BCUT2D eigenvalue weighted by Crippen LogP contribution is -2.40. The molecule has 1 N–H and O–H groups in total. The SMILES string of the molecule is CCN(CC)C(=O)NCCc1cc(F)cc(F)c1. The number of benzene rings is 1. The van der Waals surface area contributed by atoms with Crippen LogP contribution in [0.3, 0.4) is 0 Å². The van der Waals surface area contributed by atoms with E-state index in [2.05, 4.69) is 5.32 Å². The van der Waals surface area contributed by atoms with Crippen LogP contribution in [-0.4, -0.2) is 30.6 Å². The smallest absolute Gasteiger partial charge is 0.317 e. The van der Waals surface area contributed by atoms with Crippen LogP contribution in [-0.2, 0) is 6.42 Å². The number of carbonyl (C=O) groups is 1. The molecule has 1 rings (SSSR count). The topological polar surface area (TPSA) is 32.3 Å². The third-order valence-electron chi connectivity index (χ3n) is 2.66. The minimum absolute atomic E-state index is 0.156. The van der Waals surface area contributed by atoms with Crippen molar-refractivity contribution in [3.8, 4) is 0 Å². The number of amides is 2. The van der Waals surface area contributed by atoms with Crippen LogP contribution in [0, 0.1) is 11.6 Å². The molecule has 0 aliphatic heterocycles. The average molecular weight is 256 g/mol. The van der Waals surface area contributed by atoms with Crippen molar-refractivity contribution in [2.45, 2.75) is 20.3 Å². The van der Waals surface area contributed by atoms with E-state index in [0.29, 0.717) is 31.6 Å². The molecule has 0 fully saturated rings. The van der Waals surface area contributed by atoms with E-state index in [4.69, 9.17) is 0 Å². The molecular formula is C13H18F2N2O. The van der Waals surface area contributed by atoms with Crippen molar-refractivity contribution in [3.63, 3.8) is 0 Å². The summed E-state index contributed by atoms with van der Waals surface area (Å²) in [4.78, 5) is 13.2. The molecule has 0 bridgehead atoms. The highest BCUT2D eigenvalue weighted by molar-refractivity contribution is 5.74. The Morgan fingerprint density at radius 1 is 1.17 bits per heavy atom. The Bertz CT molecular complexity index is 386. The van der Waals surface area contributed by atoms with E-state index in [1.807, 2.05) is 13.8 Å².